The van der Waals surface area contributed by atoms with E-state index in [9.17, 15) is 14.4 Å². The molecule has 1 aromatic rings. The van der Waals surface area contributed by atoms with Crippen molar-refractivity contribution in [1.29, 1.82) is 0 Å². The minimum absolute atomic E-state index is 0.0463. The van der Waals surface area contributed by atoms with E-state index in [0.29, 0.717) is 0 Å². The fraction of sp³-hybridized carbons (Fsp3) is 0.364. The molecular formula is C11H14O6. The van der Waals surface area contributed by atoms with Crippen LogP contribution in [-0.4, -0.2) is 34.4 Å². The van der Waals surface area contributed by atoms with Gasteiger partial charge in [0.25, 0.3) is 0 Å². The molecule has 0 saturated heterocycles. The first-order valence-corrected chi connectivity index (χ1v) is 4.86. The zero-order chi connectivity index (χ0) is 13.3. The van der Waals surface area contributed by atoms with Gasteiger partial charge in [-0.3, -0.25) is 9.59 Å². The molecule has 0 aliphatic carbocycles. The van der Waals surface area contributed by atoms with Crippen LogP contribution in [0.2, 0.25) is 0 Å². The molecule has 17 heavy (non-hydrogen) atoms. The predicted octanol–water partition coefficient (Wildman–Crippen LogP) is 0.895. The third-order valence-corrected chi connectivity index (χ3v) is 1.63. The van der Waals surface area contributed by atoms with E-state index in [2.05, 4.69) is 4.42 Å². The van der Waals surface area contributed by atoms with Gasteiger partial charge in [0, 0.05) is 6.42 Å². The number of carbonyl (C=O) groups is 3. The van der Waals surface area contributed by atoms with Crippen molar-refractivity contribution in [2.75, 3.05) is 6.61 Å². The fourth-order valence-corrected chi connectivity index (χ4v) is 0.798. The Bertz CT molecular complexity index is 351. The van der Waals surface area contributed by atoms with Gasteiger partial charge >= 0.3 is 5.97 Å². The van der Waals surface area contributed by atoms with Crippen LogP contribution >= 0.6 is 0 Å². The summed E-state index contributed by atoms with van der Waals surface area (Å²) >= 11 is 0. The molecule has 6 nitrogen and oxygen atoms in total. The van der Waals surface area contributed by atoms with Gasteiger partial charge in [-0.2, -0.15) is 0 Å². The number of carboxylic acids is 1. The summed E-state index contributed by atoms with van der Waals surface area (Å²) in [4.78, 5) is 30.4. The molecule has 0 unspecified atom stereocenters. The Morgan fingerprint density at radius 1 is 1.29 bits per heavy atom. The van der Waals surface area contributed by atoms with E-state index in [1.807, 2.05) is 0 Å². The van der Waals surface area contributed by atoms with Crippen molar-refractivity contribution < 1.29 is 29.0 Å². The van der Waals surface area contributed by atoms with Gasteiger partial charge in [0.15, 0.2) is 5.76 Å². The van der Waals surface area contributed by atoms with E-state index in [1.165, 1.54) is 19.3 Å². The van der Waals surface area contributed by atoms with Crippen LogP contribution in [0.1, 0.15) is 30.3 Å². The summed E-state index contributed by atoms with van der Waals surface area (Å²) in [6.45, 7) is 0.885. The van der Waals surface area contributed by atoms with Crippen LogP contribution in [0.25, 0.3) is 0 Å². The molecule has 0 aliphatic heterocycles. The predicted molar refractivity (Wildman–Crippen MR) is 57.7 cm³/mol. The maximum atomic E-state index is 10.5. The van der Waals surface area contributed by atoms with Crippen LogP contribution in [0.3, 0.4) is 0 Å². The fourth-order valence-electron chi connectivity index (χ4n) is 0.798. The molecule has 0 amide bonds. The SMILES string of the molecule is CC(=O)CCC(=O)O.O=C(CO)c1ccco1. The number of carbonyl (C=O) groups excluding carboxylic acids is 2. The molecule has 0 bridgehead atoms. The molecule has 1 rings (SSSR count). The van der Waals surface area contributed by atoms with Gasteiger partial charge in [-0.1, -0.05) is 0 Å². The number of hydrogen-bond donors (Lipinski definition) is 2. The third kappa shape index (κ3) is 7.92. The van der Waals surface area contributed by atoms with Crippen molar-refractivity contribution in [3.8, 4) is 0 Å². The first-order valence-electron chi connectivity index (χ1n) is 4.86. The molecule has 1 aromatic heterocycles. The highest BCUT2D eigenvalue weighted by Gasteiger charge is 2.04. The highest BCUT2D eigenvalue weighted by molar-refractivity contribution is 5.94. The monoisotopic (exact) mass is 242 g/mol. The Kier molecular flexibility index (Phi) is 7.29. The lowest BCUT2D eigenvalue weighted by Gasteiger charge is -1.86. The Hall–Kier alpha value is -1.95. The second-order valence-corrected chi connectivity index (χ2v) is 3.15. The van der Waals surface area contributed by atoms with Crippen LogP contribution in [0.15, 0.2) is 22.8 Å². The summed E-state index contributed by atoms with van der Waals surface area (Å²) in [6.07, 6.45) is 1.49. The smallest absolute Gasteiger partial charge is 0.303 e. The van der Waals surface area contributed by atoms with E-state index in [4.69, 9.17) is 10.2 Å². The molecule has 94 valence electrons. The molecule has 0 atom stereocenters. The second kappa shape index (κ2) is 8.23. The molecule has 0 aliphatic rings. The molecule has 0 spiro atoms. The molecule has 0 aromatic carbocycles. The van der Waals surface area contributed by atoms with Crippen LogP contribution in [0.4, 0.5) is 0 Å². The van der Waals surface area contributed by atoms with Gasteiger partial charge in [-0.25, -0.2) is 0 Å². The molecule has 6 heteroatoms. The minimum Gasteiger partial charge on any atom is -0.481 e. The number of aliphatic hydroxyl groups excluding tert-OH is 1. The third-order valence-electron chi connectivity index (χ3n) is 1.63. The molecular weight excluding hydrogens is 228 g/mol. The average molecular weight is 242 g/mol. The summed E-state index contributed by atoms with van der Waals surface area (Å²) in [7, 11) is 0. The van der Waals surface area contributed by atoms with Gasteiger partial charge < -0.3 is 19.4 Å². The van der Waals surface area contributed by atoms with Gasteiger partial charge in [0.05, 0.1) is 12.7 Å². The van der Waals surface area contributed by atoms with Gasteiger partial charge in [0.2, 0.25) is 5.78 Å². The average Bonchev–Trinajstić information content (AvgIpc) is 2.79. The number of rotatable bonds is 5. The van der Waals surface area contributed by atoms with E-state index in [1.54, 1.807) is 6.07 Å². The Morgan fingerprint density at radius 3 is 2.24 bits per heavy atom. The number of carboxylic acid groups (broad SMARTS) is 1. The topological polar surface area (TPSA) is 105 Å². The summed E-state index contributed by atoms with van der Waals surface area (Å²) in [5.41, 5.74) is 0. The van der Waals surface area contributed by atoms with Crippen molar-refractivity contribution in [2.24, 2.45) is 0 Å². The van der Waals surface area contributed by atoms with Crippen LogP contribution in [0.5, 0.6) is 0 Å². The highest BCUT2D eigenvalue weighted by atomic mass is 16.4. The van der Waals surface area contributed by atoms with Crippen LogP contribution < -0.4 is 0 Å². The van der Waals surface area contributed by atoms with E-state index in [-0.39, 0.29) is 30.2 Å². The van der Waals surface area contributed by atoms with Crippen molar-refractivity contribution in [3.05, 3.63) is 24.2 Å². The lowest BCUT2D eigenvalue weighted by atomic mass is 10.2. The quantitative estimate of drug-likeness (QED) is 0.743. The summed E-state index contributed by atoms with van der Waals surface area (Å²) < 4.78 is 4.68. The Balaban J connectivity index is 0.000000304. The van der Waals surface area contributed by atoms with Gasteiger partial charge in [-0.05, 0) is 19.1 Å². The number of hydrogen-bond acceptors (Lipinski definition) is 5. The zero-order valence-corrected chi connectivity index (χ0v) is 9.38. The standard InChI is InChI=1S/C6H6O3.C5H8O3/c7-4-5(8)6-2-1-3-9-6;1-4(6)2-3-5(7)8/h1-3,7H,4H2;2-3H2,1H3,(H,7,8). The number of Topliss-reactive ketones (excluding diaryl/α,β-unsaturated/α-hetero) is 2. The first-order chi connectivity index (χ1) is 7.97. The van der Waals surface area contributed by atoms with Crippen LogP contribution in [0, 0.1) is 0 Å². The van der Waals surface area contributed by atoms with Crippen molar-refractivity contribution in [1.82, 2.24) is 0 Å². The number of furan rings is 1. The number of ketones is 2. The summed E-state index contributed by atoms with van der Waals surface area (Å²) in [6, 6.07) is 3.11. The van der Waals surface area contributed by atoms with Crippen molar-refractivity contribution >= 4 is 17.5 Å². The Labute approximate surface area is 97.9 Å². The Morgan fingerprint density at radius 2 is 1.94 bits per heavy atom. The lowest BCUT2D eigenvalue weighted by Crippen LogP contribution is -2.01. The molecule has 2 N–H and O–H groups in total. The zero-order valence-electron chi connectivity index (χ0n) is 9.38. The highest BCUT2D eigenvalue weighted by Crippen LogP contribution is 1.99. The first kappa shape index (κ1) is 15.0. The minimum atomic E-state index is -0.916. The second-order valence-electron chi connectivity index (χ2n) is 3.15. The molecule has 0 radical (unpaired) electrons. The largest absolute Gasteiger partial charge is 0.481 e. The molecule has 1 heterocycles. The number of aliphatic carboxylic acids is 1. The molecule has 0 saturated carbocycles. The maximum absolute atomic E-state index is 10.5. The van der Waals surface area contributed by atoms with Crippen molar-refractivity contribution in [3.63, 3.8) is 0 Å². The maximum Gasteiger partial charge on any atom is 0.303 e. The van der Waals surface area contributed by atoms with Crippen LogP contribution in [-0.2, 0) is 9.59 Å². The lowest BCUT2D eigenvalue weighted by molar-refractivity contribution is -0.138. The van der Waals surface area contributed by atoms with Gasteiger partial charge in [0.1, 0.15) is 12.4 Å². The van der Waals surface area contributed by atoms with E-state index < -0.39 is 12.6 Å². The van der Waals surface area contributed by atoms with Gasteiger partial charge in [-0.15, -0.1) is 0 Å². The normalized spacial score (nSPS) is 9.06. The number of aliphatic hydroxyl groups is 1. The summed E-state index contributed by atoms with van der Waals surface area (Å²) in [5, 5.41) is 16.3. The van der Waals surface area contributed by atoms with E-state index in [0.717, 1.165) is 0 Å². The van der Waals surface area contributed by atoms with Crippen molar-refractivity contribution in [2.45, 2.75) is 19.8 Å². The van der Waals surface area contributed by atoms with E-state index >= 15 is 0 Å². The summed E-state index contributed by atoms with van der Waals surface area (Å²) in [5.74, 6) is -1.18. The molecule has 0 fully saturated rings.